The number of hydrogen-bond acceptors (Lipinski definition) is 6. The number of amides is 1. The van der Waals surface area contributed by atoms with Crippen LogP contribution in [0.1, 0.15) is 23.6 Å². The Morgan fingerprint density at radius 1 is 1.06 bits per heavy atom. The van der Waals surface area contributed by atoms with E-state index in [0.717, 1.165) is 0 Å². The number of likely N-dealkylation sites (tertiary alicyclic amines) is 1. The van der Waals surface area contributed by atoms with Gasteiger partial charge < -0.3 is 24.0 Å². The Morgan fingerprint density at radius 3 is 2.61 bits per heavy atom. The molecular formula is C25H25N3O5. The van der Waals surface area contributed by atoms with Gasteiger partial charge in [0, 0.05) is 25.5 Å². The summed E-state index contributed by atoms with van der Waals surface area (Å²) in [7, 11) is 3.04. The number of aryl methyl sites for hydroxylation is 1. The van der Waals surface area contributed by atoms with Crippen LogP contribution in [0.2, 0.25) is 0 Å². The number of ether oxygens (including phenoxy) is 2. The molecule has 0 spiro atoms. The Bertz CT molecular complexity index is 1190. The maximum atomic E-state index is 13.2. The number of Topliss-reactive ketones (excluding diaryl/α,β-unsaturated/α-hetero) is 1. The lowest BCUT2D eigenvalue weighted by Gasteiger charge is -2.26. The number of aliphatic hydroxyl groups is 1. The van der Waals surface area contributed by atoms with Crippen LogP contribution in [-0.2, 0) is 16.1 Å². The predicted molar refractivity (Wildman–Crippen MR) is 122 cm³/mol. The molecule has 3 aromatic rings. The summed E-state index contributed by atoms with van der Waals surface area (Å²) in [6, 6.07) is 13.3. The Balaban J connectivity index is 1.78. The van der Waals surface area contributed by atoms with Crippen molar-refractivity contribution in [3.05, 3.63) is 84.0 Å². The number of carbonyl (C=O) groups is 2. The van der Waals surface area contributed by atoms with E-state index in [4.69, 9.17) is 9.47 Å². The van der Waals surface area contributed by atoms with Gasteiger partial charge in [-0.05, 0) is 36.2 Å². The summed E-state index contributed by atoms with van der Waals surface area (Å²) in [5.74, 6) is -0.644. The first-order valence-electron chi connectivity index (χ1n) is 10.6. The van der Waals surface area contributed by atoms with Gasteiger partial charge in [-0.15, -0.1) is 0 Å². The molecule has 1 aliphatic rings. The van der Waals surface area contributed by atoms with Crippen LogP contribution in [0.4, 0.5) is 0 Å². The third kappa shape index (κ3) is 4.32. The van der Waals surface area contributed by atoms with Crippen molar-refractivity contribution in [3.8, 4) is 11.5 Å². The zero-order valence-corrected chi connectivity index (χ0v) is 18.5. The Morgan fingerprint density at radius 2 is 1.88 bits per heavy atom. The number of imidazole rings is 1. The van der Waals surface area contributed by atoms with Crippen molar-refractivity contribution in [2.24, 2.45) is 0 Å². The van der Waals surface area contributed by atoms with Gasteiger partial charge in [0.15, 0.2) is 0 Å². The molecule has 1 amide bonds. The normalized spacial score (nSPS) is 17.4. The van der Waals surface area contributed by atoms with E-state index in [1.54, 1.807) is 62.1 Å². The van der Waals surface area contributed by atoms with Gasteiger partial charge in [-0.1, -0.05) is 24.3 Å². The fraction of sp³-hybridized carbons (Fsp3) is 0.240. The van der Waals surface area contributed by atoms with Crippen molar-refractivity contribution in [3.63, 3.8) is 0 Å². The number of hydrogen-bond donors (Lipinski definition) is 1. The Hall–Kier alpha value is -4.07. The average molecular weight is 447 g/mol. The van der Waals surface area contributed by atoms with E-state index in [9.17, 15) is 14.7 Å². The lowest BCUT2D eigenvalue weighted by Crippen LogP contribution is -2.31. The maximum Gasteiger partial charge on any atom is 0.295 e. The number of ketones is 1. The standard InChI is InChI=1S/C25H25N3O5/c1-32-18-8-5-7-17(15-18)22-21(23(29)19-9-3-4-10-20(19)33-2)24(30)25(31)28(22)13-6-12-27-14-11-26-16-27/h3-5,7-11,14-16,22,29H,6,12-13H2,1-2H3/b23-21+. The van der Waals surface area contributed by atoms with Crippen molar-refractivity contribution in [2.45, 2.75) is 19.0 Å². The number of benzene rings is 2. The molecule has 1 aliphatic heterocycles. The van der Waals surface area contributed by atoms with Gasteiger partial charge in [0.05, 0.1) is 37.7 Å². The highest BCUT2D eigenvalue weighted by atomic mass is 16.5. The fourth-order valence-electron chi connectivity index (χ4n) is 4.10. The maximum absolute atomic E-state index is 13.2. The average Bonchev–Trinajstić information content (AvgIpc) is 3.46. The van der Waals surface area contributed by atoms with Crippen molar-refractivity contribution in [1.82, 2.24) is 14.5 Å². The molecule has 2 aromatic carbocycles. The van der Waals surface area contributed by atoms with Crippen LogP contribution in [0, 0.1) is 0 Å². The SMILES string of the molecule is COc1cccc(C2/C(=C(\O)c3ccccc3OC)C(=O)C(=O)N2CCCn2ccnc2)c1. The molecule has 2 heterocycles. The largest absolute Gasteiger partial charge is 0.507 e. The van der Waals surface area contributed by atoms with E-state index in [2.05, 4.69) is 4.98 Å². The van der Waals surface area contributed by atoms with Crippen LogP contribution in [0.25, 0.3) is 5.76 Å². The van der Waals surface area contributed by atoms with Crippen LogP contribution in [0.5, 0.6) is 11.5 Å². The van der Waals surface area contributed by atoms with E-state index in [1.807, 2.05) is 16.8 Å². The second-order valence-electron chi connectivity index (χ2n) is 7.62. The number of aromatic nitrogens is 2. The molecule has 8 heteroatoms. The predicted octanol–water partition coefficient (Wildman–Crippen LogP) is 3.41. The Labute approximate surface area is 191 Å². The number of para-hydroxylation sites is 1. The van der Waals surface area contributed by atoms with Gasteiger partial charge in [-0.2, -0.15) is 0 Å². The van der Waals surface area contributed by atoms with E-state index in [-0.39, 0.29) is 11.3 Å². The quantitative estimate of drug-likeness (QED) is 0.323. The molecule has 1 N–H and O–H groups in total. The molecule has 8 nitrogen and oxygen atoms in total. The van der Waals surface area contributed by atoms with Crippen LogP contribution in [0.3, 0.4) is 0 Å². The summed E-state index contributed by atoms with van der Waals surface area (Å²) in [6.45, 7) is 0.966. The van der Waals surface area contributed by atoms with Crippen molar-refractivity contribution >= 4 is 17.4 Å². The van der Waals surface area contributed by atoms with Gasteiger partial charge >= 0.3 is 0 Å². The lowest BCUT2D eigenvalue weighted by atomic mass is 9.95. The minimum absolute atomic E-state index is 0.0281. The van der Waals surface area contributed by atoms with Gasteiger partial charge in [0.2, 0.25) is 0 Å². The monoisotopic (exact) mass is 447 g/mol. The summed E-state index contributed by atoms with van der Waals surface area (Å²) in [5.41, 5.74) is 1.05. The lowest BCUT2D eigenvalue weighted by molar-refractivity contribution is -0.139. The van der Waals surface area contributed by atoms with Gasteiger partial charge in [-0.3, -0.25) is 9.59 Å². The molecule has 0 aliphatic carbocycles. The van der Waals surface area contributed by atoms with E-state index in [0.29, 0.717) is 42.1 Å². The van der Waals surface area contributed by atoms with Crippen molar-refractivity contribution in [2.75, 3.05) is 20.8 Å². The molecule has 4 rings (SSSR count). The number of rotatable bonds is 8. The minimum Gasteiger partial charge on any atom is -0.507 e. The topological polar surface area (TPSA) is 93.9 Å². The zero-order valence-electron chi connectivity index (χ0n) is 18.5. The molecule has 1 fully saturated rings. The van der Waals surface area contributed by atoms with Crippen LogP contribution >= 0.6 is 0 Å². The van der Waals surface area contributed by atoms with Crippen molar-refractivity contribution < 1.29 is 24.2 Å². The van der Waals surface area contributed by atoms with E-state index >= 15 is 0 Å². The first kappa shape index (κ1) is 22.1. The molecule has 170 valence electrons. The number of aliphatic hydroxyl groups excluding tert-OH is 1. The highest BCUT2D eigenvalue weighted by Crippen LogP contribution is 2.41. The third-order valence-corrected chi connectivity index (χ3v) is 5.69. The van der Waals surface area contributed by atoms with Crippen LogP contribution in [0.15, 0.2) is 72.8 Å². The van der Waals surface area contributed by atoms with E-state index < -0.39 is 17.7 Å². The van der Waals surface area contributed by atoms with E-state index in [1.165, 1.54) is 12.0 Å². The molecular weight excluding hydrogens is 422 g/mol. The molecule has 0 radical (unpaired) electrons. The second kappa shape index (κ2) is 9.60. The minimum atomic E-state index is -0.757. The second-order valence-corrected chi connectivity index (χ2v) is 7.62. The summed E-state index contributed by atoms with van der Waals surface area (Å²) in [4.78, 5) is 31.8. The fourth-order valence-corrected chi connectivity index (χ4v) is 4.10. The summed E-state index contributed by atoms with van der Waals surface area (Å²) in [5, 5.41) is 11.2. The van der Waals surface area contributed by atoms with Gasteiger partial charge in [0.25, 0.3) is 11.7 Å². The summed E-state index contributed by atoms with van der Waals surface area (Å²) >= 11 is 0. The third-order valence-electron chi connectivity index (χ3n) is 5.69. The molecule has 0 bridgehead atoms. The highest BCUT2D eigenvalue weighted by Gasteiger charge is 2.46. The van der Waals surface area contributed by atoms with Crippen molar-refractivity contribution in [1.29, 1.82) is 0 Å². The molecule has 1 saturated heterocycles. The number of nitrogens with zero attached hydrogens (tertiary/aromatic N) is 3. The highest BCUT2D eigenvalue weighted by molar-refractivity contribution is 6.46. The summed E-state index contributed by atoms with van der Waals surface area (Å²) in [6.07, 6.45) is 5.85. The first-order chi connectivity index (χ1) is 16.0. The number of carbonyl (C=O) groups excluding carboxylic acids is 2. The molecule has 1 unspecified atom stereocenters. The molecule has 1 aromatic heterocycles. The van der Waals surface area contributed by atoms with Crippen LogP contribution in [-0.4, -0.2) is 52.0 Å². The van der Waals surface area contributed by atoms with Crippen LogP contribution < -0.4 is 9.47 Å². The molecule has 1 atom stereocenters. The molecule has 33 heavy (non-hydrogen) atoms. The zero-order chi connectivity index (χ0) is 23.4. The van der Waals surface area contributed by atoms with Gasteiger partial charge in [0.1, 0.15) is 17.3 Å². The molecule has 0 saturated carbocycles. The Kier molecular flexibility index (Phi) is 6.44. The number of methoxy groups -OCH3 is 2. The van der Waals surface area contributed by atoms with Gasteiger partial charge in [-0.25, -0.2) is 4.98 Å². The summed E-state index contributed by atoms with van der Waals surface area (Å²) < 4.78 is 12.6. The first-order valence-corrected chi connectivity index (χ1v) is 10.6. The smallest absolute Gasteiger partial charge is 0.295 e.